The van der Waals surface area contributed by atoms with Crippen molar-refractivity contribution in [3.05, 3.63) is 0 Å². The molecule has 2 heterocycles. The fraction of sp³-hybridized carbons (Fsp3) is 0.867. The Bertz CT molecular complexity index is 369. The molecule has 1 saturated carbocycles. The van der Waals surface area contributed by atoms with Crippen LogP contribution in [-0.2, 0) is 4.79 Å². The molecule has 1 amide bonds. The van der Waals surface area contributed by atoms with Crippen molar-refractivity contribution >= 4 is 34.2 Å². The molecule has 0 radical (unpaired) electrons. The van der Waals surface area contributed by atoms with Crippen molar-refractivity contribution in [1.29, 1.82) is 0 Å². The van der Waals surface area contributed by atoms with Gasteiger partial charge in [0.1, 0.15) is 4.32 Å². The van der Waals surface area contributed by atoms with Gasteiger partial charge in [0.15, 0.2) is 0 Å². The molecule has 0 spiro atoms. The molecule has 2 aliphatic heterocycles. The maximum atomic E-state index is 12.5. The summed E-state index contributed by atoms with van der Waals surface area (Å²) >= 11 is 7.35. The molecule has 114 valence electrons. The lowest BCUT2D eigenvalue weighted by Crippen LogP contribution is -2.50. The summed E-state index contributed by atoms with van der Waals surface area (Å²) < 4.78 is 0.971. The number of rotatable bonds is 3. The summed E-state index contributed by atoms with van der Waals surface area (Å²) in [6, 6.07) is 0.486. The Balaban J connectivity index is 2.06. The van der Waals surface area contributed by atoms with E-state index in [9.17, 15) is 4.79 Å². The smallest absolute Gasteiger partial charge is 0.226 e. The highest BCUT2D eigenvalue weighted by Gasteiger charge is 2.40. The van der Waals surface area contributed by atoms with Crippen LogP contribution in [0, 0.1) is 5.92 Å². The van der Waals surface area contributed by atoms with Gasteiger partial charge in [-0.1, -0.05) is 30.4 Å². The molecule has 5 heteroatoms. The number of nitrogens with zero attached hydrogens (tertiary/aromatic N) is 2. The van der Waals surface area contributed by atoms with E-state index >= 15 is 0 Å². The monoisotopic (exact) mass is 314 g/mol. The van der Waals surface area contributed by atoms with E-state index in [2.05, 4.69) is 18.7 Å². The molecule has 3 aliphatic rings. The molecule has 0 unspecified atom stereocenters. The minimum absolute atomic E-state index is 0.176. The third-order valence-corrected chi connectivity index (χ3v) is 6.65. The topological polar surface area (TPSA) is 23.6 Å². The van der Waals surface area contributed by atoms with E-state index in [0.29, 0.717) is 17.2 Å². The average molecular weight is 315 g/mol. The Labute approximate surface area is 132 Å². The van der Waals surface area contributed by atoms with E-state index in [4.69, 9.17) is 12.2 Å². The standard InChI is InChI=1S/C15H26N2OS2/c1-4-17(5-2)15(19)20-13-8-6-7-11-9-10-12(13)14(18)16(11)3/h11-13H,4-10H2,1-3H3/t11-,12-,13-/m1/s1. The van der Waals surface area contributed by atoms with Gasteiger partial charge in [-0.05, 0) is 39.5 Å². The summed E-state index contributed by atoms with van der Waals surface area (Å²) in [5.41, 5.74) is 0. The molecule has 3 rings (SSSR count). The SMILES string of the molecule is CCN(CC)C(=S)S[C@@H]1CCC[C@@H]2CC[C@H]1C(=O)N2C. The lowest BCUT2D eigenvalue weighted by molar-refractivity contribution is -0.141. The van der Waals surface area contributed by atoms with Crippen molar-refractivity contribution in [2.24, 2.45) is 5.92 Å². The quantitative estimate of drug-likeness (QED) is 0.747. The zero-order valence-corrected chi connectivity index (χ0v) is 14.4. The van der Waals surface area contributed by atoms with Gasteiger partial charge < -0.3 is 9.80 Å². The Morgan fingerprint density at radius 3 is 2.65 bits per heavy atom. The van der Waals surface area contributed by atoms with Crippen molar-refractivity contribution in [3.8, 4) is 0 Å². The van der Waals surface area contributed by atoms with Crippen LogP contribution in [0.3, 0.4) is 0 Å². The second-order valence-electron chi connectivity index (χ2n) is 5.81. The summed E-state index contributed by atoms with van der Waals surface area (Å²) in [5, 5.41) is 0.374. The van der Waals surface area contributed by atoms with Crippen LogP contribution in [0.4, 0.5) is 0 Å². The minimum Gasteiger partial charge on any atom is -0.358 e. The molecule has 2 bridgehead atoms. The number of hydrogen-bond acceptors (Lipinski definition) is 3. The van der Waals surface area contributed by atoms with Crippen LogP contribution in [0.2, 0.25) is 0 Å². The number of carbonyl (C=O) groups is 1. The molecule has 0 N–H and O–H groups in total. The molecule has 3 fully saturated rings. The first-order chi connectivity index (χ1) is 9.58. The summed E-state index contributed by atoms with van der Waals surface area (Å²) in [6.45, 7) is 6.18. The number of thiocarbonyl (C=S) groups is 1. The van der Waals surface area contributed by atoms with Gasteiger partial charge in [0, 0.05) is 31.4 Å². The first kappa shape index (κ1) is 16.1. The van der Waals surface area contributed by atoms with Gasteiger partial charge in [0.05, 0.1) is 5.92 Å². The normalized spacial score (nSPS) is 30.1. The van der Waals surface area contributed by atoms with Crippen LogP contribution < -0.4 is 0 Å². The van der Waals surface area contributed by atoms with E-state index in [1.807, 2.05) is 11.9 Å². The number of thioether (sulfide) groups is 1. The third-order valence-electron chi connectivity index (χ3n) is 4.77. The van der Waals surface area contributed by atoms with E-state index in [1.54, 1.807) is 11.8 Å². The lowest BCUT2D eigenvalue weighted by Gasteiger charge is -2.42. The van der Waals surface area contributed by atoms with Crippen LogP contribution in [-0.4, -0.2) is 51.5 Å². The fourth-order valence-electron chi connectivity index (χ4n) is 3.40. The van der Waals surface area contributed by atoms with Crippen LogP contribution in [0.5, 0.6) is 0 Å². The number of carbonyl (C=O) groups excluding carboxylic acids is 1. The van der Waals surface area contributed by atoms with Crippen LogP contribution in [0.25, 0.3) is 0 Å². The minimum atomic E-state index is 0.176. The number of amides is 1. The first-order valence-electron chi connectivity index (χ1n) is 7.80. The molecule has 3 atom stereocenters. The van der Waals surface area contributed by atoms with E-state index in [-0.39, 0.29) is 5.92 Å². The van der Waals surface area contributed by atoms with E-state index in [0.717, 1.165) is 36.7 Å². The largest absolute Gasteiger partial charge is 0.358 e. The van der Waals surface area contributed by atoms with Crippen LogP contribution in [0.1, 0.15) is 46.0 Å². The Kier molecular flexibility index (Phi) is 5.73. The molecule has 1 aliphatic carbocycles. The molecule has 20 heavy (non-hydrogen) atoms. The zero-order chi connectivity index (χ0) is 14.7. The second kappa shape index (κ2) is 7.12. The number of fused-ring (bicyclic) bond motifs is 5. The van der Waals surface area contributed by atoms with E-state index < -0.39 is 0 Å². The predicted octanol–water partition coefficient (Wildman–Crippen LogP) is 3.14. The first-order valence-corrected chi connectivity index (χ1v) is 9.09. The molecular formula is C15H26N2OS2. The van der Waals surface area contributed by atoms with Crippen LogP contribution in [0.15, 0.2) is 0 Å². The third kappa shape index (κ3) is 3.30. The van der Waals surface area contributed by atoms with E-state index in [1.165, 1.54) is 12.8 Å². The maximum absolute atomic E-state index is 12.5. The predicted molar refractivity (Wildman–Crippen MR) is 90.0 cm³/mol. The highest BCUT2D eigenvalue weighted by atomic mass is 32.2. The van der Waals surface area contributed by atoms with Gasteiger partial charge in [-0.25, -0.2) is 0 Å². The summed E-state index contributed by atoms with van der Waals surface area (Å²) in [5.74, 6) is 0.524. The lowest BCUT2D eigenvalue weighted by atomic mass is 9.83. The van der Waals surface area contributed by atoms with Crippen LogP contribution >= 0.6 is 24.0 Å². The van der Waals surface area contributed by atoms with Gasteiger partial charge >= 0.3 is 0 Å². The number of piperidine rings is 1. The highest BCUT2D eigenvalue weighted by molar-refractivity contribution is 8.23. The summed E-state index contributed by atoms with van der Waals surface area (Å²) in [4.78, 5) is 16.7. The van der Waals surface area contributed by atoms with Gasteiger partial charge in [-0.15, -0.1) is 0 Å². The number of hydrogen-bond donors (Lipinski definition) is 0. The fourth-order valence-corrected chi connectivity index (χ4v) is 5.39. The zero-order valence-electron chi connectivity index (χ0n) is 12.8. The summed E-state index contributed by atoms with van der Waals surface area (Å²) in [7, 11) is 1.98. The van der Waals surface area contributed by atoms with Gasteiger partial charge in [-0.3, -0.25) is 4.79 Å². The van der Waals surface area contributed by atoms with Crippen molar-refractivity contribution in [2.75, 3.05) is 20.1 Å². The molecular weight excluding hydrogens is 288 g/mol. The highest BCUT2D eigenvalue weighted by Crippen LogP contribution is 2.38. The van der Waals surface area contributed by atoms with Crippen molar-refractivity contribution in [1.82, 2.24) is 9.80 Å². The Morgan fingerprint density at radius 1 is 1.30 bits per heavy atom. The van der Waals surface area contributed by atoms with Crippen molar-refractivity contribution in [3.63, 3.8) is 0 Å². The van der Waals surface area contributed by atoms with Gasteiger partial charge in [0.25, 0.3) is 0 Å². The molecule has 0 aromatic rings. The molecule has 2 saturated heterocycles. The van der Waals surface area contributed by atoms with Crippen molar-refractivity contribution in [2.45, 2.75) is 57.2 Å². The Hall–Kier alpha value is -0.290. The molecule has 3 nitrogen and oxygen atoms in total. The maximum Gasteiger partial charge on any atom is 0.226 e. The molecule has 0 aromatic carbocycles. The second-order valence-corrected chi connectivity index (χ2v) is 7.69. The summed E-state index contributed by atoms with van der Waals surface area (Å²) in [6.07, 6.45) is 5.72. The molecule has 0 aromatic heterocycles. The average Bonchev–Trinajstić information content (AvgIpc) is 2.41. The Morgan fingerprint density at radius 2 is 2.00 bits per heavy atom. The van der Waals surface area contributed by atoms with Gasteiger partial charge in [-0.2, -0.15) is 0 Å². The van der Waals surface area contributed by atoms with Gasteiger partial charge in [0.2, 0.25) is 5.91 Å². The van der Waals surface area contributed by atoms with Crippen molar-refractivity contribution < 1.29 is 4.79 Å².